The van der Waals surface area contributed by atoms with E-state index in [-0.39, 0.29) is 41.5 Å². The number of aliphatic carboxylic acids is 1. The summed E-state index contributed by atoms with van der Waals surface area (Å²) in [5.41, 5.74) is -1.09. The Morgan fingerprint density at radius 2 is 2.15 bits per heavy atom. The topological polar surface area (TPSA) is 69.6 Å². The van der Waals surface area contributed by atoms with Crippen LogP contribution in [-0.4, -0.2) is 46.7 Å². The number of carbonyl (C=O) groups is 1. The number of anilines is 2. The van der Waals surface area contributed by atoms with Crippen LogP contribution in [0.15, 0.2) is 6.07 Å². The lowest BCUT2D eigenvalue weighted by Gasteiger charge is -2.39. The molecule has 3 aliphatic rings. The van der Waals surface area contributed by atoms with E-state index in [1.165, 1.54) is 0 Å². The normalized spacial score (nSPS) is 33.0. The van der Waals surface area contributed by atoms with Crippen LogP contribution in [-0.2, 0) is 11.0 Å². The highest BCUT2D eigenvalue weighted by molar-refractivity contribution is 5.68. The number of alkyl halides is 3. The van der Waals surface area contributed by atoms with Crippen molar-refractivity contribution in [1.82, 2.24) is 9.97 Å². The standard InChI is InChI=1S/C17H21F3N4O2/c1-9-3-4-24(9)15-21-12(17(18,19)20)6-13(22-15)23-7-11-10(5-14(25)26)16(11,2)8-23/h6,9-11H,3-5,7-8H2,1-2H3,(H,25,26)/t9-,10?,11?,16?/m0/s1. The Hall–Kier alpha value is -2.06. The summed E-state index contributed by atoms with van der Waals surface area (Å²) in [6.45, 7) is 5.67. The first-order valence-electron chi connectivity index (χ1n) is 8.79. The van der Waals surface area contributed by atoms with Gasteiger partial charge in [-0.05, 0) is 30.6 Å². The molecular formula is C17H21F3N4O2. The first kappa shape index (κ1) is 17.4. The molecule has 3 fully saturated rings. The van der Waals surface area contributed by atoms with Crippen molar-refractivity contribution in [2.24, 2.45) is 17.3 Å². The minimum Gasteiger partial charge on any atom is -0.481 e. The van der Waals surface area contributed by atoms with Gasteiger partial charge in [-0.2, -0.15) is 18.2 Å². The lowest BCUT2D eigenvalue weighted by atomic mass is 10.1. The molecule has 0 bridgehead atoms. The highest BCUT2D eigenvalue weighted by Gasteiger charge is 2.66. The molecule has 2 aliphatic heterocycles. The molecule has 0 radical (unpaired) electrons. The third-order valence-corrected chi connectivity index (χ3v) is 6.31. The minimum atomic E-state index is -4.53. The van der Waals surface area contributed by atoms with Crippen LogP contribution in [0.3, 0.4) is 0 Å². The lowest BCUT2D eigenvalue weighted by Crippen LogP contribution is -2.47. The van der Waals surface area contributed by atoms with Crippen molar-refractivity contribution >= 4 is 17.7 Å². The van der Waals surface area contributed by atoms with E-state index < -0.39 is 17.8 Å². The number of rotatable bonds is 4. The SMILES string of the molecule is C[C@H]1CCN1c1nc(N2CC3C(CC(=O)O)C3(C)C2)cc(C(F)(F)F)n1. The maximum Gasteiger partial charge on any atom is 0.433 e. The highest BCUT2D eigenvalue weighted by Crippen LogP contribution is 2.64. The zero-order chi connectivity index (χ0) is 18.9. The van der Waals surface area contributed by atoms with Crippen molar-refractivity contribution < 1.29 is 23.1 Å². The van der Waals surface area contributed by atoms with Gasteiger partial charge in [-0.3, -0.25) is 4.79 Å². The smallest absolute Gasteiger partial charge is 0.433 e. The second-order valence-corrected chi connectivity index (χ2v) is 7.94. The third kappa shape index (κ3) is 2.68. The number of aromatic nitrogens is 2. The van der Waals surface area contributed by atoms with Crippen molar-refractivity contribution in [2.45, 2.75) is 38.9 Å². The Bertz CT molecular complexity index is 756. The number of halogens is 3. The molecule has 1 aromatic heterocycles. The maximum atomic E-state index is 13.3. The molecule has 9 heteroatoms. The zero-order valence-electron chi connectivity index (χ0n) is 14.6. The Kier molecular flexibility index (Phi) is 3.65. The van der Waals surface area contributed by atoms with E-state index in [0.717, 1.165) is 12.5 Å². The van der Waals surface area contributed by atoms with Crippen molar-refractivity contribution in [1.29, 1.82) is 0 Å². The van der Waals surface area contributed by atoms with Crippen LogP contribution in [0.4, 0.5) is 24.9 Å². The number of fused-ring (bicyclic) bond motifs is 1. The molecule has 1 aromatic rings. The van der Waals surface area contributed by atoms with Crippen LogP contribution in [0.2, 0.25) is 0 Å². The van der Waals surface area contributed by atoms with Crippen LogP contribution < -0.4 is 9.80 Å². The molecule has 142 valence electrons. The number of hydrogen-bond acceptors (Lipinski definition) is 5. The van der Waals surface area contributed by atoms with Crippen molar-refractivity contribution in [3.05, 3.63) is 11.8 Å². The second kappa shape index (κ2) is 5.47. The van der Waals surface area contributed by atoms with E-state index in [0.29, 0.717) is 19.6 Å². The number of piperidine rings is 1. The van der Waals surface area contributed by atoms with E-state index in [1.54, 1.807) is 4.90 Å². The summed E-state index contributed by atoms with van der Waals surface area (Å²) in [5, 5.41) is 8.99. The second-order valence-electron chi connectivity index (χ2n) is 7.94. The molecule has 0 amide bonds. The van der Waals surface area contributed by atoms with Gasteiger partial charge in [-0.1, -0.05) is 6.92 Å². The number of hydrogen-bond donors (Lipinski definition) is 1. The van der Waals surface area contributed by atoms with E-state index >= 15 is 0 Å². The monoisotopic (exact) mass is 370 g/mol. The molecule has 0 spiro atoms. The van der Waals surface area contributed by atoms with Crippen LogP contribution >= 0.6 is 0 Å². The van der Waals surface area contributed by atoms with Crippen LogP contribution in [0.5, 0.6) is 0 Å². The van der Waals surface area contributed by atoms with Crippen molar-refractivity contribution in [2.75, 3.05) is 29.4 Å². The molecule has 3 heterocycles. The number of carboxylic acid groups (broad SMARTS) is 1. The van der Waals surface area contributed by atoms with Gasteiger partial charge in [-0.25, -0.2) is 4.98 Å². The van der Waals surface area contributed by atoms with Crippen LogP contribution in [0, 0.1) is 17.3 Å². The molecule has 1 aliphatic carbocycles. The molecule has 4 atom stereocenters. The average Bonchev–Trinajstić information content (AvgIpc) is 2.88. The van der Waals surface area contributed by atoms with E-state index in [1.807, 2.05) is 18.7 Å². The summed E-state index contributed by atoms with van der Waals surface area (Å²) in [6.07, 6.45) is -3.50. The summed E-state index contributed by atoms with van der Waals surface area (Å²) < 4.78 is 39.9. The first-order chi connectivity index (χ1) is 12.1. The summed E-state index contributed by atoms with van der Waals surface area (Å²) in [7, 11) is 0. The van der Waals surface area contributed by atoms with Gasteiger partial charge in [0.1, 0.15) is 5.82 Å². The summed E-state index contributed by atoms with van der Waals surface area (Å²) in [5.74, 6) is -0.137. The van der Waals surface area contributed by atoms with Gasteiger partial charge in [0.25, 0.3) is 0 Å². The molecule has 2 saturated heterocycles. The fourth-order valence-electron chi connectivity index (χ4n) is 4.46. The largest absolute Gasteiger partial charge is 0.481 e. The van der Waals surface area contributed by atoms with Gasteiger partial charge < -0.3 is 14.9 Å². The summed E-state index contributed by atoms with van der Waals surface area (Å²) >= 11 is 0. The maximum absolute atomic E-state index is 13.3. The van der Waals surface area contributed by atoms with E-state index in [9.17, 15) is 18.0 Å². The summed E-state index contributed by atoms with van der Waals surface area (Å²) in [4.78, 5) is 22.7. The quantitative estimate of drug-likeness (QED) is 0.879. The molecule has 0 aromatic carbocycles. The average molecular weight is 370 g/mol. The Labute approximate surface area is 149 Å². The molecule has 1 N–H and O–H groups in total. The molecule has 3 unspecified atom stereocenters. The van der Waals surface area contributed by atoms with Gasteiger partial charge in [0, 0.05) is 38.2 Å². The van der Waals surface area contributed by atoms with Gasteiger partial charge in [0.2, 0.25) is 5.95 Å². The fraction of sp³-hybridized carbons (Fsp3) is 0.706. The fourth-order valence-corrected chi connectivity index (χ4v) is 4.46. The van der Waals surface area contributed by atoms with Crippen molar-refractivity contribution in [3.8, 4) is 0 Å². The van der Waals surface area contributed by atoms with Gasteiger partial charge in [-0.15, -0.1) is 0 Å². The molecule has 26 heavy (non-hydrogen) atoms. The van der Waals surface area contributed by atoms with Gasteiger partial charge in [0.15, 0.2) is 5.69 Å². The number of carboxylic acids is 1. The Morgan fingerprint density at radius 1 is 1.42 bits per heavy atom. The Balaban J connectivity index is 1.59. The zero-order valence-corrected chi connectivity index (χ0v) is 14.6. The highest BCUT2D eigenvalue weighted by atomic mass is 19.4. The minimum absolute atomic E-state index is 0.0926. The van der Waals surface area contributed by atoms with Gasteiger partial charge >= 0.3 is 12.1 Å². The molecule has 4 rings (SSSR count). The lowest BCUT2D eigenvalue weighted by molar-refractivity contribution is -0.141. The van der Waals surface area contributed by atoms with Crippen molar-refractivity contribution in [3.63, 3.8) is 0 Å². The van der Waals surface area contributed by atoms with Crippen LogP contribution in [0.25, 0.3) is 0 Å². The summed E-state index contributed by atoms with van der Waals surface area (Å²) in [6, 6.07) is 1.14. The first-order valence-corrected chi connectivity index (χ1v) is 8.79. The molecular weight excluding hydrogens is 349 g/mol. The number of nitrogens with zero attached hydrogens (tertiary/aromatic N) is 4. The predicted octanol–water partition coefficient (Wildman–Crippen LogP) is 2.64. The van der Waals surface area contributed by atoms with Gasteiger partial charge in [0.05, 0.1) is 0 Å². The van der Waals surface area contributed by atoms with Crippen LogP contribution in [0.1, 0.15) is 32.4 Å². The van der Waals surface area contributed by atoms with E-state index in [2.05, 4.69) is 9.97 Å². The molecule has 1 saturated carbocycles. The Morgan fingerprint density at radius 3 is 2.62 bits per heavy atom. The molecule has 6 nitrogen and oxygen atoms in total. The predicted molar refractivity (Wildman–Crippen MR) is 88.0 cm³/mol. The third-order valence-electron chi connectivity index (χ3n) is 6.31. The van der Waals surface area contributed by atoms with E-state index in [4.69, 9.17) is 5.11 Å².